The highest BCUT2D eigenvalue weighted by atomic mass is 19.4. The number of rotatable bonds is 5. The van der Waals surface area contributed by atoms with Crippen LogP contribution in [0.15, 0.2) is 53.5 Å². The number of fused-ring (bicyclic) bond motifs is 1. The molecule has 1 aliphatic rings. The van der Waals surface area contributed by atoms with Crippen LogP contribution in [0.4, 0.5) is 13.2 Å². The van der Waals surface area contributed by atoms with E-state index in [9.17, 15) is 32.7 Å². The molecule has 35 heavy (non-hydrogen) atoms. The number of likely N-dealkylation sites (tertiary alicyclic amines) is 1. The number of piperidine rings is 1. The zero-order valence-electron chi connectivity index (χ0n) is 18.8. The lowest BCUT2D eigenvalue weighted by Crippen LogP contribution is -2.47. The van der Waals surface area contributed by atoms with Crippen LogP contribution >= 0.6 is 0 Å². The fraction of sp³-hybridized carbons (Fsp3) is 0.320. The molecule has 1 amide bonds. The van der Waals surface area contributed by atoms with E-state index < -0.39 is 35.3 Å². The molecule has 2 atom stereocenters. The summed E-state index contributed by atoms with van der Waals surface area (Å²) in [7, 11) is 0. The van der Waals surface area contributed by atoms with Gasteiger partial charge < -0.3 is 19.7 Å². The summed E-state index contributed by atoms with van der Waals surface area (Å²) >= 11 is 0. The molecule has 1 aliphatic heterocycles. The Morgan fingerprint density at radius 3 is 2.60 bits per heavy atom. The van der Waals surface area contributed by atoms with Crippen molar-refractivity contribution in [2.75, 3.05) is 13.1 Å². The Morgan fingerprint density at radius 2 is 1.89 bits per heavy atom. The van der Waals surface area contributed by atoms with Gasteiger partial charge in [-0.25, -0.2) is 0 Å². The van der Waals surface area contributed by atoms with E-state index in [2.05, 4.69) is 4.98 Å². The first-order chi connectivity index (χ1) is 16.6. The fourth-order valence-electron chi connectivity index (χ4n) is 4.39. The van der Waals surface area contributed by atoms with E-state index in [1.807, 2.05) is 0 Å². The number of ether oxygens (including phenoxy) is 1. The Labute approximate surface area is 198 Å². The maximum absolute atomic E-state index is 13.6. The molecule has 4 rings (SSSR count). The molecular formula is C25H23F3N2O5. The minimum absolute atomic E-state index is 0.0726. The van der Waals surface area contributed by atoms with E-state index in [1.54, 1.807) is 0 Å². The lowest BCUT2D eigenvalue weighted by molar-refractivity contribution is -0.147. The third-order valence-corrected chi connectivity index (χ3v) is 6.14. The Hall–Kier alpha value is -3.82. The maximum atomic E-state index is 13.6. The van der Waals surface area contributed by atoms with Gasteiger partial charge in [0.05, 0.1) is 16.9 Å². The molecule has 1 fully saturated rings. The van der Waals surface area contributed by atoms with Crippen LogP contribution in [0, 0.1) is 5.92 Å². The number of alkyl halides is 3. The van der Waals surface area contributed by atoms with Gasteiger partial charge in [-0.05, 0) is 55.0 Å². The van der Waals surface area contributed by atoms with Gasteiger partial charge in [-0.3, -0.25) is 14.4 Å². The fourth-order valence-corrected chi connectivity index (χ4v) is 4.39. The highest BCUT2D eigenvalue weighted by Crippen LogP contribution is 2.39. The number of halogens is 3. The zero-order valence-corrected chi connectivity index (χ0v) is 18.8. The van der Waals surface area contributed by atoms with Gasteiger partial charge in [0, 0.05) is 24.8 Å². The standard InChI is InChI=1S/C25H23F3N2O5/c1-14(23(32)30-10-4-5-15(13-30)24(33)34)35-16-8-9-17-19(11-16)22(31)29-12-20(17)18-6-2-3-7-21(18)25(26,27)28/h2-3,6-9,11-12,14-15H,4-5,10,13H2,1H3,(H,29,31)(H,33,34)/t14-,15+/m1/s1. The lowest BCUT2D eigenvalue weighted by atomic mass is 9.96. The minimum Gasteiger partial charge on any atom is -0.481 e. The van der Waals surface area contributed by atoms with Crippen molar-refractivity contribution in [2.45, 2.75) is 32.0 Å². The van der Waals surface area contributed by atoms with Gasteiger partial charge in [0.2, 0.25) is 0 Å². The van der Waals surface area contributed by atoms with Crippen LogP contribution in [0.3, 0.4) is 0 Å². The van der Waals surface area contributed by atoms with Gasteiger partial charge in [0.25, 0.3) is 11.5 Å². The van der Waals surface area contributed by atoms with Crippen LogP contribution in [0.1, 0.15) is 25.3 Å². The zero-order chi connectivity index (χ0) is 25.3. The molecule has 0 aliphatic carbocycles. The van der Waals surface area contributed by atoms with Crippen LogP contribution in [0.2, 0.25) is 0 Å². The average molecular weight is 488 g/mol. The van der Waals surface area contributed by atoms with Gasteiger partial charge in [-0.2, -0.15) is 13.2 Å². The summed E-state index contributed by atoms with van der Waals surface area (Å²) in [6, 6.07) is 9.46. The Kier molecular flexibility index (Phi) is 6.56. The second-order valence-corrected chi connectivity index (χ2v) is 8.50. The number of H-pyrrole nitrogens is 1. The van der Waals surface area contributed by atoms with Gasteiger partial charge >= 0.3 is 12.1 Å². The van der Waals surface area contributed by atoms with Crippen LogP contribution in [-0.4, -0.2) is 46.1 Å². The van der Waals surface area contributed by atoms with Gasteiger partial charge in [0.15, 0.2) is 6.10 Å². The first kappa shape index (κ1) is 24.3. The van der Waals surface area contributed by atoms with Gasteiger partial charge in [0.1, 0.15) is 5.75 Å². The summed E-state index contributed by atoms with van der Waals surface area (Å²) in [4.78, 5) is 40.5. The van der Waals surface area contributed by atoms with E-state index in [1.165, 1.54) is 54.4 Å². The number of nitrogens with zero attached hydrogens (tertiary/aromatic N) is 1. The van der Waals surface area contributed by atoms with Crippen molar-refractivity contribution in [1.82, 2.24) is 9.88 Å². The quantitative estimate of drug-likeness (QED) is 0.558. The summed E-state index contributed by atoms with van der Waals surface area (Å²) in [6.07, 6.45) is -3.21. The molecule has 0 unspecified atom stereocenters. The number of carbonyl (C=O) groups excluding carboxylic acids is 1. The first-order valence-electron chi connectivity index (χ1n) is 11.1. The third-order valence-electron chi connectivity index (χ3n) is 6.14. The molecule has 10 heteroatoms. The highest BCUT2D eigenvalue weighted by Gasteiger charge is 2.34. The minimum atomic E-state index is -4.58. The molecule has 2 heterocycles. The number of hydrogen-bond donors (Lipinski definition) is 2. The van der Waals surface area contributed by atoms with Crippen molar-refractivity contribution in [3.8, 4) is 16.9 Å². The Balaban J connectivity index is 1.63. The monoisotopic (exact) mass is 488 g/mol. The molecule has 7 nitrogen and oxygen atoms in total. The van der Waals surface area contributed by atoms with E-state index in [0.717, 1.165) is 6.07 Å². The second-order valence-electron chi connectivity index (χ2n) is 8.50. The van der Waals surface area contributed by atoms with Gasteiger partial charge in [-0.1, -0.05) is 18.2 Å². The van der Waals surface area contributed by atoms with Crippen molar-refractivity contribution < 1.29 is 32.6 Å². The second kappa shape index (κ2) is 9.44. The third kappa shape index (κ3) is 5.01. The molecule has 0 radical (unpaired) electrons. The van der Waals surface area contributed by atoms with E-state index in [-0.39, 0.29) is 34.7 Å². The number of carboxylic acids is 1. The number of carbonyl (C=O) groups is 2. The molecule has 1 saturated heterocycles. The highest BCUT2D eigenvalue weighted by molar-refractivity contribution is 5.97. The number of aromatic amines is 1. The summed E-state index contributed by atoms with van der Waals surface area (Å²) in [5, 5.41) is 9.65. The van der Waals surface area contributed by atoms with Crippen molar-refractivity contribution in [2.24, 2.45) is 5.92 Å². The van der Waals surface area contributed by atoms with E-state index in [4.69, 9.17) is 4.74 Å². The molecule has 0 spiro atoms. The molecule has 2 aromatic carbocycles. The molecule has 1 aromatic heterocycles. The van der Waals surface area contributed by atoms with Crippen LogP contribution in [0.25, 0.3) is 21.9 Å². The number of aromatic nitrogens is 1. The number of aliphatic carboxylic acids is 1. The van der Waals surface area contributed by atoms with E-state index in [0.29, 0.717) is 24.8 Å². The Bertz CT molecular complexity index is 1330. The smallest absolute Gasteiger partial charge is 0.417 e. The van der Waals surface area contributed by atoms with Crippen molar-refractivity contribution in [3.05, 3.63) is 64.6 Å². The Morgan fingerprint density at radius 1 is 1.14 bits per heavy atom. The lowest BCUT2D eigenvalue weighted by Gasteiger charge is -2.32. The van der Waals surface area contributed by atoms with Crippen molar-refractivity contribution >= 4 is 22.6 Å². The molecule has 3 aromatic rings. The summed E-state index contributed by atoms with van der Waals surface area (Å²) < 4.78 is 46.4. The summed E-state index contributed by atoms with van der Waals surface area (Å²) in [6.45, 7) is 2.05. The van der Waals surface area contributed by atoms with Crippen LogP contribution < -0.4 is 10.3 Å². The van der Waals surface area contributed by atoms with Crippen LogP contribution in [-0.2, 0) is 15.8 Å². The van der Waals surface area contributed by atoms with Crippen LogP contribution in [0.5, 0.6) is 5.75 Å². The summed E-state index contributed by atoms with van der Waals surface area (Å²) in [5.41, 5.74) is -1.21. The number of nitrogens with one attached hydrogen (secondary N) is 1. The average Bonchev–Trinajstić information content (AvgIpc) is 2.83. The normalized spacial score (nSPS) is 17.3. The molecule has 0 bridgehead atoms. The largest absolute Gasteiger partial charge is 0.481 e. The van der Waals surface area contributed by atoms with Crippen molar-refractivity contribution in [1.29, 1.82) is 0 Å². The molecule has 2 N–H and O–H groups in total. The predicted octanol–water partition coefficient (Wildman–Crippen LogP) is 4.30. The molecule has 0 saturated carbocycles. The predicted molar refractivity (Wildman–Crippen MR) is 122 cm³/mol. The maximum Gasteiger partial charge on any atom is 0.417 e. The topological polar surface area (TPSA) is 99.7 Å². The summed E-state index contributed by atoms with van der Waals surface area (Å²) in [5.74, 6) is -1.76. The number of carboxylic acid groups (broad SMARTS) is 1. The number of benzene rings is 2. The number of hydrogen-bond acceptors (Lipinski definition) is 4. The van der Waals surface area contributed by atoms with Gasteiger partial charge in [-0.15, -0.1) is 0 Å². The molecule has 184 valence electrons. The molecular weight excluding hydrogens is 465 g/mol. The first-order valence-corrected chi connectivity index (χ1v) is 11.1. The number of amides is 1. The van der Waals surface area contributed by atoms with E-state index >= 15 is 0 Å². The van der Waals surface area contributed by atoms with Crippen molar-refractivity contribution in [3.63, 3.8) is 0 Å². The number of pyridine rings is 1. The SMILES string of the molecule is C[C@@H](Oc1ccc2c(-c3ccccc3C(F)(F)F)c[nH]c(=O)c2c1)C(=O)N1CCC[C@H](C(=O)O)C1.